The van der Waals surface area contributed by atoms with Crippen LogP contribution in [0.4, 0.5) is 0 Å². The third-order valence-electron chi connectivity index (χ3n) is 3.77. The highest BCUT2D eigenvalue weighted by molar-refractivity contribution is 6.68. The molecule has 0 aliphatic carbocycles. The largest absolute Gasteiger partial charge is 0.369 e. The average molecular weight is 408 g/mol. The van der Waals surface area contributed by atoms with Crippen LogP contribution in [0.5, 0.6) is 0 Å². The number of carbonyl (C=O) groups excluding carboxylic acids is 3. The lowest BCUT2D eigenvalue weighted by Crippen LogP contribution is -2.43. The summed E-state index contributed by atoms with van der Waals surface area (Å²) >= 11 is 16.3. The fourth-order valence-corrected chi connectivity index (χ4v) is 2.64. The van der Waals surface area contributed by atoms with E-state index in [0.29, 0.717) is 36.9 Å². The van der Waals surface area contributed by atoms with E-state index in [4.69, 9.17) is 34.8 Å². The average Bonchev–Trinajstić information content (AvgIpc) is 2.78. The van der Waals surface area contributed by atoms with Gasteiger partial charge in [-0.05, 0) is 25.0 Å². The van der Waals surface area contributed by atoms with Gasteiger partial charge in [-0.1, -0.05) is 53.4 Å². The van der Waals surface area contributed by atoms with Gasteiger partial charge in [0.25, 0.3) is 11.8 Å². The summed E-state index contributed by atoms with van der Waals surface area (Å²) in [4.78, 5) is 37.2. The van der Waals surface area contributed by atoms with Crippen molar-refractivity contribution >= 4 is 52.5 Å². The van der Waals surface area contributed by atoms with Crippen molar-refractivity contribution in [1.29, 1.82) is 0 Å². The molecular weight excluding hydrogens is 391 g/mol. The lowest BCUT2D eigenvalue weighted by molar-refractivity contribution is -0.124. The van der Waals surface area contributed by atoms with Gasteiger partial charge in [0.1, 0.15) is 0 Å². The minimum absolute atomic E-state index is 0.139. The molecule has 1 aromatic carbocycles. The molecule has 136 valence electrons. The van der Waals surface area contributed by atoms with Crippen LogP contribution in [0.15, 0.2) is 24.3 Å². The first-order valence-corrected chi connectivity index (χ1v) is 8.84. The van der Waals surface area contributed by atoms with Crippen molar-refractivity contribution in [3.8, 4) is 0 Å². The fraction of sp³-hybridized carbons (Fsp3) is 0.438. The second kappa shape index (κ2) is 8.36. The van der Waals surface area contributed by atoms with Crippen molar-refractivity contribution in [2.24, 2.45) is 0 Å². The fourth-order valence-electron chi connectivity index (χ4n) is 2.48. The van der Waals surface area contributed by atoms with Gasteiger partial charge < -0.3 is 10.4 Å². The Morgan fingerprint density at radius 3 is 2.16 bits per heavy atom. The first-order valence-electron chi connectivity index (χ1n) is 7.71. The van der Waals surface area contributed by atoms with Gasteiger partial charge in [0, 0.05) is 13.0 Å². The lowest BCUT2D eigenvalue weighted by Gasteiger charge is -2.19. The quantitative estimate of drug-likeness (QED) is 0.315. The highest BCUT2D eigenvalue weighted by atomic mass is 35.6. The number of aliphatic hydroxyl groups excluding tert-OH is 1. The van der Waals surface area contributed by atoms with Crippen molar-refractivity contribution in [1.82, 2.24) is 10.2 Å². The third kappa shape index (κ3) is 5.07. The molecular formula is C16H17Cl3N2O4. The Hall–Kier alpha value is -1.34. The number of fused-ring (bicyclic) bond motifs is 1. The molecule has 1 atom stereocenters. The maximum atomic E-state index is 12.2. The molecule has 1 heterocycles. The van der Waals surface area contributed by atoms with Crippen molar-refractivity contribution in [2.75, 3.05) is 6.54 Å². The predicted molar refractivity (Wildman–Crippen MR) is 94.7 cm³/mol. The number of unbranched alkanes of at least 4 members (excludes halogenated alkanes) is 2. The van der Waals surface area contributed by atoms with E-state index in [-0.39, 0.29) is 18.2 Å². The second-order valence-corrected chi connectivity index (χ2v) is 8.00. The summed E-state index contributed by atoms with van der Waals surface area (Å²) in [5.74, 6) is -1.02. The number of halogens is 3. The van der Waals surface area contributed by atoms with E-state index in [9.17, 15) is 19.5 Å². The Kier molecular flexibility index (Phi) is 6.68. The molecule has 1 aliphatic heterocycles. The van der Waals surface area contributed by atoms with Crippen molar-refractivity contribution < 1.29 is 19.5 Å². The first kappa shape index (κ1) is 20.0. The van der Waals surface area contributed by atoms with Crippen LogP contribution in [0.1, 0.15) is 46.4 Å². The van der Waals surface area contributed by atoms with Gasteiger partial charge in [-0.2, -0.15) is 0 Å². The zero-order valence-electron chi connectivity index (χ0n) is 13.2. The molecule has 0 spiro atoms. The standard InChI is InChI=1S/C16H17Cl3N2O4/c17-16(18,19)15(25)20-12(22)8-2-1-5-9-21-13(23)10-6-3-4-7-11(10)14(21)24/h3-4,6-7,15,25H,1-2,5,8-9H2,(H,20,22)/t15-/m1/s1. The van der Waals surface area contributed by atoms with Crippen molar-refractivity contribution in [3.63, 3.8) is 0 Å². The summed E-state index contributed by atoms with van der Waals surface area (Å²) in [6.45, 7) is 0.296. The number of alkyl halides is 3. The van der Waals surface area contributed by atoms with E-state index in [1.54, 1.807) is 24.3 Å². The molecule has 0 saturated heterocycles. The Morgan fingerprint density at radius 2 is 1.64 bits per heavy atom. The zero-order valence-corrected chi connectivity index (χ0v) is 15.4. The molecule has 2 rings (SSSR count). The SMILES string of the molecule is O=C(CCCCCN1C(=O)c2ccccc2C1=O)N[C@H](O)C(Cl)(Cl)Cl. The number of imide groups is 1. The van der Waals surface area contributed by atoms with E-state index in [1.165, 1.54) is 4.90 Å². The van der Waals surface area contributed by atoms with Crippen LogP contribution in [-0.2, 0) is 4.79 Å². The number of rotatable bonds is 7. The summed E-state index contributed by atoms with van der Waals surface area (Å²) in [6, 6.07) is 6.71. The number of hydrogen-bond donors (Lipinski definition) is 2. The molecule has 0 radical (unpaired) electrons. The smallest absolute Gasteiger partial charge is 0.261 e. The van der Waals surface area contributed by atoms with Crippen LogP contribution in [0.3, 0.4) is 0 Å². The lowest BCUT2D eigenvalue weighted by atomic mass is 10.1. The molecule has 1 aliphatic rings. The summed E-state index contributed by atoms with van der Waals surface area (Å²) < 4.78 is -1.98. The summed E-state index contributed by atoms with van der Waals surface area (Å²) in [5.41, 5.74) is 0.847. The Bertz CT molecular complexity index is 641. The maximum absolute atomic E-state index is 12.2. The molecule has 0 saturated carbocycles. The van der Waals surface area contributed by atoms with Crippen LogP contribution < -0.4 is 5.32 Å². The van der Waals surface area contributed by atoms with Gasteiger partial charge in [-0.15, -0.1) is 0 Å². The molecule has 3 amide bonds. The number of hydrogen-bond acceptors (Lipinski definition) is 4. The monoisotopic (exact) mass is 406 g/mol. The summed E-state index contributed by atoms with van der Waals surface area (Å²) in [5, 5.41) is 11.6. The molecule has 25 heavy (non-hydrogen) atoms. The van der Waals surface area contributed by atoms with Crippen LogP contribution in [0, 0.1) is 0 Å². The van der Waals surface area contributed by atoms with Gasteiger partial charge >= 0.3 is 0 Å². The first-order chi connectivity index (χ1) is 11.7. The van der Waals surface area contributed by atoms with E-state index < -0.39 is 15.9 Å². The predicted octanol–water partition coefficient (Wildman–Crippen LogP) is 2.65. The minimum Gasteiger partial charge on any atom is -0.369 e. The molecule has 2 N–H and O–H groups in total. The van der Waals surface area contributed by atoms with Gasteiger partial charge in [-0.3, -0.25) is 19.3 Å². The van der Waals surface area contributed by atoms with E-state index in [2.05, 4.69) is 5.32 Å². The molecule has 6 nitrogen and oxygen atoms in total. The van der Waals surface area contributed by atoms with Crippen LogP contribution in [0.2, 0.25) is 0 Å². The number of benzene rings is 1. The molecule has 0 bridgehead atoms. The van der Waals surface area contributed by atoms with Crippen LogP contribution in [0.25, 0.3) is 0 Å². The summed E-state index contributed by atoms with van der Waals surface area (Å²) in [6.07, 6.45) is 0.279. The highest BCUT2D eigenvalue weighted by Gasteiger charge is 2.34. The van der Waals surface area contributed by atoms with Crippen molar-refractivity contribution in [3.05, 3.63) is 35.4 Å². The topological polar surface area (TPSA) is 86.7 Å². The van der Waals surface area contributed by atoms with E-state index in [0.717, 1.165) is 0 Å². The molecule has 9 heteroatoms. The van der Waals surface area contributed by atoms with Gasteiger partial charge in [-0.25, -0.2) is 0 Å². The number of nitrogens with one attached hydrogen (secondary N) is 1. The Balaban J connectivity index is 1.70. The van der Waals surface area contributed by atoms with Gasteiger partial charge in [0.05, 0.1) is 11.1 Å². The number of aliphatic hydroxyl groups is 1. The van der Waals surface area contributed by atoms with Gasteiger partial charge in [0.15, 0.2) is 6.23 Å². The number of amides is 3. The molecule has 0 unspecified atom stereocenters. The third-order valence-corrected chi connectivity index (χ3v) is 4.39. The number of carbonyl (C=O) groups is 3. The molecule has 1 aromatic rings. The zero-order chi connectivity index (χ0) is 18.6. The normalized spacial score (nSPS) is 15.3. The van der Waals surface area contributed by atoms with E-state index in [1.807, 2.05) is 0 Å². The Morgan fingerprint density at radius 1 is 1.08 bits per heavy atom. The molecule has 0 fully saturated rings. The minimum atomic E-state index is -1.98. The Labute approximate surface area is 160 Å². The van der Waals surface area contributed by atoms with E-state index >= 15 is 0 Å². The molecule has 0 aromatic heterocycles. The second-order valence-electron chi connectivity index (χ2n) is 5.63. The summed E-state index contributed by atoms with van der Waals surface area (Å²) in [7, 11) is 0. The maximum Gasteiger partial charge on any atom is 0.261 e. The van der Waals surface area contributed by atoms with Crippen LogP contribution in [-0.4, -0.2) is 44.3 Å². The van der Waals surface area contributed by atoms with Gasteiger partial charge in [0.2, 0.25) is 9.70 Å². The highest BCUT2D eigenvalue weighted by Crippen LogP contribution is 2.29. The van der Waals surface area contributed by atoms with Crippen molar-refractivity contribution in [2.45, 2.75) is 35.7 Å². The number of nitrogens with zero attached hydrogens (tertiary/aromatic N) is 1. The van der Waals surface area contributed by atoms with Crippen LogP contribution >= 0.6 is 34.8 Å².